The van der Waals surface area contributed by atoms with E-state index >= 15 is 0 Å². The molecule has 0 aliphatic carbocycles. The summed E-state index contributed by atoms with van der Waals surface area (Å²) in [7, 11) is 0. The van der Waals surface area contributed by atoms with E-state index in [1.54, 1.807) is 0 Å². The van der Waals surface area contributed by atoms with E-state index in [1.165, 1.54) is 23.1 Å². The summed E-state index contributed by atoms with van der Waals surface area (Å²) in [5.74, 6) is -2.16. The van der Waals surface area contributed by atoms with Gasteiger partial charge in [0.1, 0.15) is 6.04 Å². The summed E-state index contributed by atoms with van der Waals surface area (Å²) in [5.41, 5.74) is 0.147. The first kappa shape index (κ1) is 15.6. The molecule has 2 rings (SSSR count). The predicted octanol–water partition coefficient (Wildman–Crippen LogP) is 1.41. The molecule has 2 N–H and O–H groups in total. The van der Waals surface area contributed by atoms with Crippen LogP contribution in [0.3, 0.4) is 0 Å². The summed E-state index contributed by atoms with van der Waals surface area (Å²) in [5, 5.41) is 12.0. The number of benzene rings is 1. The van der Waals surface area contributed by atoms with Gasteiger partial charge in [-0.2, -0.15) is 0 Å². The molecule has 0 bridgehead atoms. The molecule has 2 amide bonds. The van der Waals surface area contributed by atoms with E-state index in [0.717, 1.165) is 0 Å². The third-order valence-corrected chi connectivity index (χ3v) is 3.68. The molecule has 6 nitrogen and oxygen atoms in total. The van der Waals surface area contributed by atoms with Crippen LogP contribution < -0.4 is 5.32 Å². The van der Waals surface area contributed by atoms with Crippen molar-refractivity contribution in [2.45, 2.75) is 12.5 Å². The lowest BCUT2D eigenvalue weighted by Crippen LogP contribution is -2.57. The number of aliphatic carboxylic acids is 1. The first-order chi connectivity index (χ1) is 9.90. The van der Waals surface area contributed by atoms with Gasteiger partial charge in [0, 0.05) is 18.1 Å². The highest BCUT2D eigenvalue weighted by atomic mass is 35.5. The van der Waals surface area contributed by atoms with Crippen LogP contribution in [-0.4, -0.2) is 46.9 Å². The molecule has 1 aliphatic rings. The zero-order valence-electron chi connectivity index (χ0n) is 10.8. The van der Waals surface area contributed by atoms with Crippen LogP contribution in [0.4, 0.5) is 0 Å². The normalized spacial score (nSPS) is 18.3. The van der Waals surface area contributed by atoms with E-state index in [2.05, 4.69) is 5.32 Å². The van der Waals surface area contributed by atoms with Gasteiger partial charge in [-0.15, -0.1) is 0 Å². The van der Waals surface area contributed by atoms with Crippen LogP contribution in [0.25, 0.3) is 0 Å². The number of hydrogen-bond donors (Lipinski definition) is 2. The molecule has 112 valence electrons. The number of halogens is 2. The largest absolute Gasteiger partial charge is 0.481 e. The second-order valence-electron chi connectivity index (χ2n) is 4.53. The van der Waals surface area contributed by atoms with Gasteiger partial charge in [-0.05, 0) is 18.2 Å². The molecule has 0 spiro atoms. The van der Waals surface area contributed by atoms with Crippen molar-refractivity contribution in [1.29, 1.82) is 0 Å². The van der Waals surface area contributed by atoms with Crippen molar-refractivity contribution < 1.29 is 19.5 Å². The van der Waals surface area contributed by atoms with E-state index in [9.17, 15) is 14.4 Å². The van der Waals surface area contributed by atoms with Crippen molar-refractivity contribution >= 4 is 41.0 Å². The number of piperazine rings is 1. The highest BCUT2D eigenvalue weighted by molar-refractivity contribution is 6.35. The molecule has 1 aromatic rings. The molecule has 1 aliphatic heterocycles. The molecule has 1 fully saturated rings. The number of carboxylic acid groups (broad SMARTS) is 1. The Morgan fingerprint density at radius 3 is 2.76 bits per heavy atom. The van der Waals surface area contributed by atoms with Gasteiger partial charge < -0.3 is 15.3 Å². The Hall–Kier alpha value is -1.79. The van der Waals surface area contributed by atoms with E-state index in [1.807, 2.05) is 0 Å². The third kappa shape index (κ3) is 3.46. The molecule has 8 heteroatoms. The fourth-order valence-electron chi connectivity index (χ4n) is 2.14. The molecule has 1 unspecified atom stereocenters. The lowest BCUT2D eigenvalue weighted by Gasteiger charge is -2.34. The number of carboxylic acids is 1. The summed E-state index contributed by atoms with van der Waals surface area (Å²) in [6.07, 6.45) is -0.463. The highest BCUT2D eigenvalue weighted by Crippen LogP contribution is 2.24. The van der Waals surface area contributed by atoms with E-state index in [0.29, 0.717) is 5.02 Å². The van der Waals surface area contributed by atoms with Crippen LogP contribution in [0.1, 0.15) is 16.8 Å². The summed E-state index contributed by atoms with van der Waals surface area (Å²) in [4.78, 5) is 36.4. The van der Waals surface area contributed by atoms with Crippen LogP contribution in [0, 0.1) is 0 Å². The van der Waals surface area contributed by atoms with Crippen molar-refractivity contribution in [3.8, 4) is 0 Å². The van der Waals surface area contributed by atoms with Gasteiger partial charge in [-0.25, -0.2) is 0 Å². The Labute approximate surface area is 130 Å². The van der Waals surface area contributed by atoms with E-state index < -0.39 is 30.2 Å². The monoisotopic (exact) mass is 330 g/mol. The summed E-state index contributed by atoms with van der Waals surface area (Å²) in [6.45, 7) is 0.476. The molecule has 1 heterocycles. The van der Waals surface area contributed by atoms with Crippen molar-refractivity contribution in [1.82, 2.24) is 10.2 Å². The fraction of sp³-hybridized carbons (Fsp3) is 0.308. The zero-order chi connectivity index (χ0) is 15.6. The molecule has 1 atom stereocenters. The first-order valence-corrected chi connectivity index (χ1v) is 6.91. The van der Waals surface area contributed by atoms with Crippen molar-refractivity contribution in [3.05, 3.63) is 33.8 Å². The molecule has 21 heavy (non-hydrogen) atoms. The van der Waals surface area contributed by atoms with Gasteiger partial charge >= 0.3 is 5.97 Å². The van der Waals surface area contributed by atoms with Gasteiger partial charge in [-0.3, -0.25) is 14.4 Å². The standard InChI is InChI=1S/C13H12Cl2N2O4/c14-7-1-2-9(15)8(5-7)13(21)17-4-3-16-12(20)10(17)6-11(18)19/h1-2,5,10H,3-4,6H2,(H,16,20)(H,18,19). The summed E-state index contributed by atoms with van der Waals surface area (Å²) in [6, 6.07) is 3.36. The quantitative estimate of drug-likeness (QED) is 0.877. The second kappa shape index (κ2) is 6.32. The number of nitrogens with one attached hydrogen (secondary N) is 1. The van der Waals surface area contributed by atoms with Gasteiger partial charge in [-0.1, -0.05) is 23.2 Å². The number of amides is 2. The fourth-order valence-corrected chi connectivity index (χ4v) is 2.51. The lowest BCUT2D eigenvalue weighted by atomic mass is 10.1. The summed E-state index contributed by atoms with van der Waals surface area (Å²) >= 11 is 11.8. The molecule has 1 saturated heterocycles. The maximum absolute atomic E-state index is 12.5. The van der Waals surface area contributed by atoms with Crippen molar-refractivity contribution in [3.63, 3.8) is 0 Å². The smallest absolute Gasteiger partial charge is 0.305 e. The Kier molecular flexibility index (Phi) is 4.69. The first-order valence-electron chi connectivity index (χ1n) is 6.15. The van der Waals surface area contributed by atoms with Crippen LogP contribution in [-0.2, 0) is 9.59 Å². The minimum absolute atomic E-state index is 0.147. The molecular formula is C13H12Cl2N2O4. The van der Waals surface area contributed by atoms with Crippen LogP contribution in [0.15, 0.2) is 18.2 Å². The topological polar surface area (TPSA) is 86.7 Å². The second-order valence-corrected chi connectivity index (χ2v) is 5.37. The minimum Gasteiger partial charge on any atom is -0.481 e. The third-order valence-electron chi connectivity index (χ3n) is 3.12. The molecule has 0 aromatic heterocycles. The number of hydrogen-bond acceptors (Lipinski definition) is 3. The van der Waals surface area contributed by atoms with Gasteiger partial charge in [0.25, 0.3) is 5.91 Å². The lowest BCUT2D eigenvalue weighted by molar-refractivity contribution is -0.142. The Morgan fingerprint density at radius 1 is 1.38 bits per heavy atom. The van der Waals surface area contributed by atoms with Gasteiger partial charge in [0.2, 0.25) is 5.91 Å². The molecular weight excluding hydrogens is 319 g/mol. The van der Waals surface area contributed by atoms with Gasteiger partial charge in [0.05, 0.1) is 17.0 Å². The van der Waals surface area contributed by atoms with E-state index in [4.69, 9.17) is 28.3 Å². The SMILES string of the molecule is O=C(O)CC1C(=O)NCCN1C(=O)c1cc(Cl)ccc1Cl. The molecule has 1 aromatic carbocycles. The predicted molar refractivity (Wildman–Crippen MR) is 76.5 cm³/mol. The van der Waals surface area contributed by atoms with Gasteiger partial charge in [0.15, 0.2) is 0 Å². The maximum atomic E-state index is 12.5. The summed E-state index contributed by atoms with van der Waals surface area (Å²) < 4.78 is 0. The van der Waals surface area contributed by atoms with E-state index in [-0.39, 0.29) is 23.7 Å². The molecule has 0 saturated carbocycles. The minimum atomic E-state index is -1.16. The number of carbonyl (C=O) groups excluding carboxylic acids is 2. The Bertz CT molecular complexity index is 606. The Balaban J connectivity index is 2.32. The number of rotatable bonds is 3. The van der Waals surface area contributed by atoms with Crippen LogP contribution in [0.2, 0.25) is 10.0 Å². The maximum Gasteiger partial charge on any atom is 0.305 e. The van der Waals surface area contributed by atoms with Crippen LogP contribution in [0.5, 0.6) is 0 Å². The van der Waals surface area contributed by atoms with Crippen molar-refractivity contribution in [2.75, 3.05) is 13.1 Å². The zero-order valence-corrected chi connectivity index (χ0v) is 12.3. The number of nitrogens with zero attached hydrogens (tertiary/aromatic N) is 1. The average Bonchev–Trinajstić information content (AvgIpc) is 2.42. The molecule has 0 radical (unpaired) electrons. The average molecular weight is 331 g/mol. The highest BCUT2D eigenvalue weighted by Gasteiger charge is 2.35. The Morgan fingerprint density at radius 2 is 2.10 bits per heavy atom. The van der Waals surface area contributed by atoms with Crippen LogP contribution >= 0.6 is 23.2 Å². The van der Waals surface area contributed by atoms with Crippen molar-refractivity contribution in [2.24, 2.45) is 0 Å². The number of carbonyl (C=O) groups is 3.